The van der Waals surface area contributed by atoms with Crippen LogP contribution in [0.2, 0.25) is 0 Å². The van der Waals surface area contributed by atoms with Crippen molar-refractivity contribution in [3.63, 3.8) is 0 Å². The predicted octanol–water partition coefficient (Wildman–Crippen LogP) is 1.92. The molecule has 0 heterocycles. The molecule has 0 radical (unpaired) electrons. The molecule has 1 aromatic rings. The highest BCUT2D eigenvalue weighted by Gasteiger charge is 2.18. The van der Waals surface area contributed by atoms with Gasteiger partial charge in [-0.15, -0.1) is 0 Å². The minimum Gasteiger partial charge on any atom is -0.481 e. The number of carbonyl (C=O) groups excluding carboxylic acids is 1. The second-order valence-corrected chi connectivity index (χ2v) is 4.24. The first-order chi connectivity index (χ1) is 9.45. The summed E-state index contributed by atoms with van der Waals surface area (Å²) in [5.74, 6) is -1.38. The van der Waals surface area contributed by atoms with E-state index in [1.807, 2.05) is 6.92 Å². The lowest BCUT2D eigenvalue weighted by atomic mass is 10.1. The predicted molar refractivity (Wildman–Crippen MR) is 71.5 cm³/mol. The van der Waals surface area contributed by atoms with Crippen LogP contribution in [0.1, 0.15) is 30.1 Å². The zero-order valence-corrected chi connectivity index (χ0v) is 11.1. The molecule has 1 rings (SSSR count). The van der Waals surface area contributed by atoms with Gasteiger partial charge in [0.25, 0.3) is 11.6 Å². The van der Waals surface area contributed by atoms with Crippen molar-refractivity contribution in [2.45, 2.75) is 19.8 Å². The molecular formula is C13H16N2O5. The molecule has 0 bridgehead atoms. The highest BCUT2D eigenvalue weighted by atomic mass is 16.6. The Morgan fingerprint density at radius 3 is 2.60 bits per heavy atom. The lowest BCUT2D eigenvalue weighted by Gasteiger charge is -2.21. The van der Waals surface area contributed by atoms with Crippen molar-refractivity contribution in [2.24, 2.45) is 0 Å². The Balaban J connectivity index is 2.90. The number of nitro benzene ring substituents is 1. The summed E-state index contributed by atoms with van der Waals surface area (Å²) in [6.07, 6.45) is 0.529. The van der Waals surface area contributed by atoms with Crippen LogP contribution < -0.4 is 0 Å². The molecular weight excluding hydrogens is 264 g/mol. The number of aliphatic carboxylic acids is 1. The third kappa shape index (κ3) is 4.34. The van der Waals surface area contributed by atoms with Crippen molar-refractivity contribution in [3.8, 4) is 0 Å². The Morgan fingerprint density at radius 1 is 1.35 bits per heavy atom. The molecule has 0 spiro atoms. The van der Waals surface area contributed by atoms with Crippen LogP contribution in [0.5, 0.6) is 0 Å². The minimum atomic E-state index is -0.988. The number of hydrogen-bond acceptors (Lipinski definition) is 4. The first-order valence-corrected chi connectivity index (χ1v) is 6.21. The number of amides is 1. The number of hydrogen-bond donors (Lipinski definition) is 1. The van der Waals surface area contributed by atoms with Crippen molar-refractivity contribution in [2.75, 3.05) is 13.1 Å². The van der Waals surface area contributed by atoms with E-state index in [1.165, 1.54) is 29.2 Å². The lowest BCUT2D eigenvalue weighted by molar-refractivity contribution is -0.384. The van der Waals surface area contributed by atoms with E-state index in [9.17, 15) is 19.7 Å². The molecule has 1 aromatic carbocycles. The quantitative estimate of drug-likeness (QED) is 0.607. The molecule has 0 aliphatic heterocycles. The summed E-state index contributed by atoms with van der Waals surface area (Å²) in [5, 5.41) is 19.4. The molecule has 20 heavy (non-hydrogen) atoms. The molecule has 7 nitrogen and oxygen atoms in total. The second-order valence-electron chi connectivity index (χ2n) is 4.24. The van der Waals surface area contributed by atoms with E-state index in [2.05, 4.69) is 0 Å². The standard InChI is InChI=1S/C13H16N2O5/c1-2-7-14(8-6-12(16)17)13(18)10-4-3-5-11(9-10)15(19)20/h3-5,9H,2,6-8H2,1H3,(H,16,17). The van der Waals surface area contributed by atoms with Crippen molar-refractivity contribution >= 4 is 17.6 Å². The molecule has 1 amide bonds. The van der Waals surface area contributed by atoms with Crippen LogP contribution in [0, 0.1) is 10.1 Å². The highest BCUT2D eigenvalue weighted by molar-refractivity contribution is 5.95. The third-order valence-electron chi connectivity index (χ3n) is 2.68. The number of carbonyl (C=O) groups is 2. The first-order valence-electron chi connectivity index (χ1n) is 6.21. The summed E-state index contributed by atoms with van der Waals surface area (Å²) in [5.41, 5.74) is 0.0311. The van der Waals surface area contributed by atoms with Gasteiger partial charge in [0.15, 0.2) is 0 Å². The zero-order valence-electron chi connectivity index (χ0n) is 11.1. The minimum absolute atomic E-state index is 0.0880. The zero-order chi connectivity index (χ0) is 15.1. The molecule has 108 valence electrons. The molecule has 0 fully saturated rings. The average molecular weight is 280 g/mol. The van der Waals surface area contributed by atoms with Crippen molar-refractivity contribution in [3.05, 3.63) is 39.9 Å². The highest BCUT2D eigenvalue weighted by Crippen LogP contribution is 2.15. The number of benzene rings is 1. The van der Waals surface area contributed by atoms with Crippen molar-refractivity contribution in [1.82, 2.24) is 4.90 Å². The Hall–Kier alpha value is -2.44. The van der Waals surface area contributed by atoms with Gasteiger partial charge in [0.1, 0.15) is 0 Å². The number of nitro groups is 1. The molecule has 0 atom stereocenters. The number of non-ortho nitro benzene ring substituents is 1. The summed E-state index contributed by atoms with van der Waals surface area (Å²) in [6.45, 7) is 2.37. The second kappa shape index (κ2) is 7.22. The maximum atomic E-state index is 12.2. The van der Waals surface area contributed by atoms with Gasteiger partial charge in [0.05, 0.1) is 11.3 Å². The van der Waals surface area contributed by atoms with E-state index in [0.717, 1.165) is 0 Å². The van der Waals surface area contributed by atoms with Gasteiger partial charge >= 0.3 is 5.97 Å². The Morgan fingerprint density at radius 2 is 2.05 bits per heavy atom. The number of nitrogens with zero attached hydrogens (tertiary/aromatic N) is 2. The van der Waals surface area contributed by atoms with Gasteiger partial charge in [-0.05, 0) is 12.5 Å². The van der Waals surface area contributed by atoms with E-state index in [1.54, 1.807) is 0 Å². The number of rotatable bonds is 7. The third-order valence-corrected chi connectivity index (χ3v) is 2.68. The molecule has 0 unspecified atom stereocenters. The van der Waals surface area contributed by atoms with Crippen LogP contribution in [0.15, 0.2) is 24.3 Å². The molecule has 0 aliphatic rings. The van der Waals surface area contributed by atoms with Crippen LogP contribution in [0.3, 0.4) is 0 Å². The van der Waals surface area contributed by atoms with Crippen LogP contribution in [-0.4, -0.2) is 39.9 Å². The van der Waals surface area contributed by atoms with Crippen molar-refractivity contribution < 1.29 is 19.6 Å². The Bertz CT molecular complexity index is 515. The monoisotopic (exact) mass is 280 g/mol. The fourth-order valence-electron chi connectivity index (χ4n) is 1.75. The number of carboxylic acids is 1. The van der Waals surface area contributed by atoms with Gasteiger partial charge in [0.2, 0.25) is 0 Å². The normalized spacial score (nSPS) is 10.1. The Labute approximate surface area is 116 Å². The van der Waals surface area contributed by atoms with E-state index in [0.29, 0.717) is 13.0 Å². The molecule has 0 saturated heterocycles. The topological polar surface area (TPSA) is 101 Å². The maximum Gasteiger partial charge on any atom is 0.305 e. The van der Waals surface area contributed by atoms with Gasteiger partial charge < -0.3 is 10.0 Å². The smallest absolute Gasteiger partial charge is 0.305 e. The molecule has 0 aliphatic carbocycles. The van der Waals surface area contributed by atoms with Crippen LogP contribution in [0.4, 0.5) is 5.69 Å². The van der Waals surface area contributed by atoms with Gasteiger partial charge in [0, 0.05) is 30.8 Å². The average Bonchev–Trinajstić information content (AvgIpc) is 2.42. The largest absolute Gasteiger partial charge is 0.481 e. The van der Waals surface area contributed by atoms with Gasteiger partial charge in [-0.3, -0.25) is 19.7 Å². The van der Waals surface area contributed by atoms with Crippen molar-refractivity contribution in [1.29, 1.82) is 0 Å². The van der Waals surface area contributed by atoms with E-state index >= 15 is 0 Å². The van der Waals surface area contributed by atoms with Crippen LogP contribution in [0.25, 0.3) is 0 Å². The van der Waals surface area contributed by atoms with Crippen LogP contribution >= 0.6 is 0 Å². The SMILES string of the molecule is CCCN(CCC(=O)O)C(=O)c1cccc([N+](=O)[O-])c1. The Kier molecular flexibility index (Phi) is 5.64. The van der Waals surface area contributed by atoms with Crippen LogP contribution in [-0.2, 0) is 4.79 Å². The fourth-order valence-corrected chi connectivity index (χ4v) is 1.75. The summed E-state index contributed by atoms with van der Waals surface area (Å²) in [7, 11) is 0. The summed E-state index contributed by atoms with van der Waals surface area (Å²) in [4.78, 5) is 34.3. The summed E-state index contributed by atoms with van der Waals surface area (Å²) < 4.78 is 0. The molecule has 0 aromatic heterocycles. The molecule has 1 N–H and O–H groups in total. The van der Waals surface area contributed by atoms with Gasteiger partial charge in [-0.25, -0.2) is 0 Å². The van der Waals surface area contributed by atoms with E-state index in [-0.39, 0.29) is 24.2 Å². The molecule has 7 heteroatoms. The van der Waals surface area contributed by atoms with Gasteiger partial charge in [-0.1, -0.05) is 13.0 Å². The van der Waals surface area contributed by atoms with Gasteiger partial charge in [-0.2, -0.15) is 0 Å². The fraction of sp³-hybridized carbons (Fsp3) is 0.385. The first kappa shape index (κ1) is 15.6. The maximum absolute atomic E-state index is 12.2. The van der Waals surface area contributed by atoms with E-state index in [4.69, 9.17) is 5.11 Å². The number of carboxylic acid groups (broad SMARTS) is 1. The molecule has 0 saturated carbocycles. The summed E-state index contributed by atoms with van der Waals surface area (Å²) >= 11 is 0. The van der Waals surface area contributed by atoms with E-state index < -0.39 is 16.8 Å². The lowest BCUT2D eigenvalue weighted by Crippen LogP contribution is -2.33. The summed E-state index contributed by atoms with van der Waals surface area (Å²) in [6, 6.07) is 5.43.